The van der Waals surface area contributed by atoms with Crippen molar-refractivity contribution in [1.29, 1.82) is 0 Å². The number of hydrogen-bond acceptors (Lipinski definition) is 7. The van der Waals surface area contributed by atoms with E-state index >= 15 is 0 Å². The number of imidazole rings is 1. The van der Waals surface area contributed by atoms with Crippen LogP contribution in [-0.4, -0.2) is 63.9 Å². The Morgan fingerprint density at radius 1 is 1.20 bits per heavy atom. The third-order valence-electron chi connectivity index (χ3n) is 6.41. The Balaban J connectivity index is 1.40. The Kier molecular flexibility index (Phi) is 4.13. The van der Waals surface area contributed by atoms with E-state index in [9.17, 15) is 18.0 Å². The third kappa shape index (κ3) is 2.95. The number of morpholine rings is 1. The highest BCUT2D eigenvalue weighted by atomic mass is 19.4. The molecule has 30 heavy (non-hydrogen) atoms. The highest BCUT2D eigenvalue weighted by Crippen LogP contribution is 2.68. The van der Waals surface area contributed by atoms with E-state index in [1.807, 2.05) is 4.57 Å². The van der Waals surface area contributed by atoms with Gasteiger partial charge in [-0.1, -0.05) is 0 Å². The van der Waals surface area contributed by atoms with Crippen LogP contribution >= 0.6 is 0 Å². The second-order valence-corrected chi connectivity index (χ2v) is 8.21. The van der Waals surface area contributed by atoms with Crippen LogP contribution in [0, 0.1) is 0 Å². The Hall–Kier alpha value is -2.66. The standard InChI is InChI=1S/C19H20F3N5O3/c20-19(21,22)30-14-5-12(6-24-16(14)23)13-7-27(15(8-28)25-13)18-9-17(10-18,11-18)26-1-3-29-4-2-26/h5-8H,1-4,9-11H2,(H2,23,24). The van der Waals surface area contributed by atoms with E-state index in [4.69, 9.17) is 10.5 Å². The van der Waals surface area contributed by atoms with E-state index in [1.54, 1.807) is 6.20 Å². The van der Waals surface area contributed by atoms with Crippen LogP contribution < -0.4 is 10.5 Å². The summed E-state index contributed by atoms with van der Waals surface area (Å²) in [6.45, 7) is 3.28. The fraction of sp³-hybridized carbons (Fsp3) is 0.526. The minimum Gasteiger partial charge on any atom is -0.402 e. The summed E-state index contributed by atoms with van der Waals surface area (Å²) in [5, 5.41) is 0. The Labute approximate surface area is 169 Å². The van der Waals surface area contributed by atoms with Crippen LogP contribution in [0.5, 0.6) is 5.75 Å². The molecular weight excluding hydrogens is 403 g/mol. The van der Waals surface area contributed by atoms with E-state index < -0.39 is 12.1 Å². The molecule has 4 aliphatic rings. The SMILES string of the molecule is Nc1ncc(-c2cn(C34CC(N5CCOCC5)(C3)C4)c(C=O)n2)cc1OC(F)(F)F. The summed E-state index contributed by atoms with van der Waals surface area (Å²) in [6, 6.07) is 1.13. The first kappa shape index (κ1) is 19.3. The molecule has 8 nitrogen and oxygen atoms in total. The minimum atomic E-state index is -4.89. The summed E-state index contributed by atoms with van der Waals surface area (Å²) in [5.41, 5.74) is 6.12. The molecule has 11 heteroatoms. The van der Waals surface area contributed by atoms with E-state index in [0.29, 0.717) is 17.5 Å². The maximum atomic E-state index is 12.6. The predicted octanol–water partition coefficient (Wildman–Crippen LogP) is 2.20. The topological polar surface area (TPSA) is 95.5 Å². The van der Waals surface area contributed by atoms with Gasteiger partial charge < -0.3 is 19.8 Å². The number of halogens is 3. The van der Waals surface area contributed by atoms with Gasteiger partial charge in [-0.2, -0.15) is 0 Å². The van der Waals surface area contributed by atoms with Crippen LogP contribution in [0.2, 0.25) is 0 Å². The summed E-state index contributed by atoms with van der Waals surface area (Å²) >= 11 is 0. The van der Waals surface area contributed by atoms with Crippen LogP contribution in [0.4, 0.5) is 19.0 Å². The molecule has 160 valence electrons. The summed E-state index contributed by atoms with van der Waals surface area (Å²) < 4.78 is 49.0. The van der Waals surface area contributed by atoms with Crippen molar-refractivity contribution in [1.82, 2.24) is 19.4 Å². The largest absolute Gasteiger partial charge is 0.573 e. The van der Waals surface area contributed by atoms with Gasteiger partial charge in [-0.25, -0.2) is 9.97 Å². The zero-order valence-electron chi connectivity index (χ0n) is 16.0. The Morgan fingerprint density at radius 3 is 2.53 bits per heavy atom. The molecule has 3 saturated carbocycles. The van der Waals surface area contributed by atoms with Crippen molar-refractivity contribution in [3.63, 3.8) is 0 Å². The lowest BCUT2D eigenvalue weighted by atomic mass is 9.43. The van der Waals surface area contributed by atoms with E-state index in [0.717, 1.165) is 51.6 Å². The zero-order valence-corrected chi connectivity index (χ0v) is 16.0. The summed E-state index contributed by atoms with van der Waals surface area (Å²) in [5.74, 6) is -0.729. The molecular formula is C19H20F3N5O3. The van der Waals surface area contributed by atoms with Gasteiger partial charge in [0.25, 0.3) is 0 Å². The lowest BCUT2D eigenvalue weighted by Gasteiger charge is -2.74. The van der Waals surface area contributed by atoms with Gasteiger partial charge in [-0.15, -0.1) is 13.2 Å². The van der Waals surface area contributed by atoms with Gasteiger partial charge in [0.15, 0.2) is 23.7 Å². The monoisotopic (exact) mass is 423 g/mol. The molecule has 4 fully saturated rings. The number of nitrogen functional groups attached to an aromatic ring is 1. The van der Waals surface area contributed by atoms with Crippen LogP contribution in [0.3, 0.4) is 0 Å². The fourth-order valence-corrected chi connectivity index (χ4v) is 5.11. The smallest absolute Gasteiger partial charge is 0.402 e. The van der Waals surface area contributed by atoms with Crippen LogP contribution in [0.25, 0.3) is 11.3 Å². The molecule has 0 aromatic carbocycles. The second-order valence-electron chi connectivity index (χ2n) is 8.21. The Morgan fingerprint density at radius 2 is 1.90 bits per heavy atom. The number of aldehydes is 1. The van der Waals surface area contributed by atoms with Gasteiger partial charge in [0.2, 0.25) is 0 Å². The van der Waals surface area contributed by atoms with Gasteiger partial charge in [-0.05, 0) is 25.3 Å². The maximum Gasteiger partial charge on any atom is 0.573 e. The van der Waals surface area contributed by atoms with Crippen molar-refractivity contribution in [3.8, 4) is 17.0 Å². The van der Waals surface area contributed by atoms with Crippen LogP contribution in [0.1, 0.15) is 29.9 Å². The lowest BCUT2D eigenvalue weighted by molar-refractivity contribution is -0.274. The van der Waals surface area contributed by atoms with Crippen molar-refractivity contribution in [2.45, 2.75) is 36.7 Å². The number of nitrogens with two attached hydrogens (primary N) is 1. The first-order valence-electron chi connectivity index (χ1n) is 9.63. The summed E-state index contributed by atoms with van der Waals surface area (Å²) in [4.78, 5) is 22.2. The molecule has 0 spiro atoms. The second kappa shape index (κ2) is 6.42. The molecule has 1 saturated heterocycles. The molecule has 0 amide bonds. The molecule has 1 aliphatic heterocycles. The fourth-order valence-electron chi connectivity index (χ4n) is 5.11. The molecule has 3 heterocycles. The van der Waals surface area contributed by atoms with Crippen molar-refractivity contribution in [2.75, 3.05) is 32.0 Å². The summed E-state index contributed by atoms with van der Waals surface area (Å²) in [7, 11) is 0. The molecule has 2 aromatic rings. The number of aromatic nitrogens is 3. The van der Waals surface area contributed by atoms with E-state index in [1.165, 1.54) is 6.20 Å². The molecule has 2 aromatic heterocycles. The maximum absolute atomic E-state index is 12.6. The van der Waals surface area contributed by atoms with Crippen molar-refractivity contribution < 1.29 is 27.4 Å². The molecule has 0 unspecified atom stereocenters. The van der Waals surface area contributed by atoms with Crippen LogP contribution in [-0.2, 0) is 10.3 Å². The molecule has 2 N–H and O–H groups in total. The predicted molar refractivity (Wildman–Crippen MR) is 98.9 cm³/mol. The van der Waals surface area contributed by atoms with Crippen molar-refractivity contribution in [2.24, 2.45) is 0 Å². The highest BCUT2D eigenvalue weighted by molar-refractivity contribution is 5.73. The normalized spacial score (nSPS) is 28.5. The summed E-state index contributed by atoms with van der Waals surface area (Å²) in [6.07, 6.45) is 1.55. The number of carbonyl (C=O) groups excluding carboxylic acids is 1. The average molecular weight is 423 g/mol. The van der Waals surface area contributed by atoms with Gasteiger partial charge in [0.05, 0.1) is 24.4 Å². The molecule has 0 atom stereocenters. The number of rotatable bonds is 5. The quantitative estimate of drug-likeness (QED) is 0.737. The number of anilines is 1. The van der Waals surface area contributed by atoms with E-state index in [2.05, 4.69) is 19.6 Å². The minimum absolute atomic E-state index is 0.158. The Bertz CT molecular complexity index is 980. The zero-order chi connectivity index (χ0) is 21.1. The van der Waals surface area contributed by atoms with Gasteiger partial charge >= 0.3 is 6.36 Å². The lowest BCUT2D eigenvalue weighted by Crippen LogP contribution is -2.79. The number of nitrogens with zero attached hydrogens (tertiary/aromatic N) is 4. The first-order valence-corrected chi connectivity index (χ1v) is 9.63. The molecule has 6 rings (SSSR count). The number of carbonyl (C=O) groups is 1. The number of pyridine rings is 1. The van der Waals surface area contributed by atoms with Crippen molar-refractivity contribution in [3.05, 3.63) is 24.3 Å². The van der Waals surface area contributed by atoms with Gasteiger partial charge in [-0.3, -0.25) is 9.69 Å². The number of hydrogen-bond donors (Lipinski definition) is 1. The van der Waals surface area contributed by atoms with Gasteiger partial charge in [0, 0.05) is 36.6 Å². The third-order valence-corrected chi connectivity index (χ3v) is 6.41. The number of alkyl halides is 3. The molecule has 3 aliphatic carbocycles. The number of ether oxygens (including phenoxy) is 2. The van der Waals surface area contributed by atoms with E-state index in [-0.39, 0.29) is 22.7 Å². The first-order chi connectivity index (χ1) is 14.2. The van der Waals surface area contributed by atoms with Crippen molar-refractivity contribution >= 4 is 12.1 Å². The van der Waals surface area contributed by atoms with Gasteiger partial charge in [0.1, 0.15) is 0 Å². The molecule has 2 bridgehead atoms. The highest BCUT2D eigenvalue weighted by Gasteiger charge is 2.71. The molecule has 0 radical (unpaired) electrons. The average Bonchev–Trinajstić information content (AvgIpc) is 3.05. The van der Waals surface area contributed by atoms with Crippen LogP contribution in [0.15, 0.2) is 18.5 Å².